The summed E-state index contributed by atoms with van der Waals surface area (Å²) in [6.45, 7) is 0. The lowest BCUT2D eigenvalue weighted by Crippen LogP contribution is -2.14. The van der Waals surface area contributed by atoms with E-state index in [0.717, 1.165) is 10.9 Å². The van der Waals surface area contributed by atoms with Gasteiger partial charge in [0.05, 0.1) is 11.2 Å². The van der Waals surface area contributed by atoms with Crippen molar-refractivity contribution in [2.24, 2.45) is 0 Å². The van der Waals surface area contributed by atoms with E-state index in [1.165, 1.54) is 6.20 Å². The fraction of sp³-hybridized carbons (Fsp3) is 0. The number of nitriles is 1. The summed E-state index contributed by atoms with van der Waals surface area (Å²) in [5, 5.41) is 15.9. The van der Waals surface area contributed by atoms with Crippen molar-refractivity contribution >= 4 is 33.9 Å². The number of carbonyl (C=O) groups excluding carboxylic acids is 1. The number of nitrogens with one attached hydrogen (secondary N) is 2. The number of hydrogen-bond acceptors (Lipinski definition) is 5. The van der Waals surface area contributed by atoms with Crippen LogP contribution in [0.2, 0.25) is 0 Å². The Bertz CT molecular complexity index is 981. The minimum atomic E-state index is -0.507. The monoisotopic (exact) mass is 329 g/mol. The molecule has 6 nitrogen and oxygen atoms in total. The third-order valence-corrected chi connectivity index (χ3v) is 3.54. The van der Waals surface area contributed by atoms with E-state index in [4.69, 9.17) is 5.73 Å². The summed E-state index contributed by atoms with van der Waals surface area (Å²) in [5.41, 5.74) is 8.19. The Hall–Kier alpha value is -3.85. The van der Waals surface area contributed by atoms with Crippen molar-refractivity contribution in [1.29, 1.82) is 5.26 Å². The van der Waals surface area contributed by atoms with E-state index < -0.39 is 5.91 Å². The molecule has 3 rings (SSSR count). The lowest BCUT2D eigenvalue weighted by atomic mass is 10.2. The number of nitrogen functional groups attached to an aromatic ring is 1. The van der Waals surface area contributed by atoms with Crippen LogP contribution in [0.15, 0.2) is 72.6 Å². The fourth-order valence-corrected chi connectivity index (χ4v) is 2.28. The summed E-state index contributed by atoms with van der Waals surface area (Å²) in [6.07, 6.45) is 3.06. The molecule has 0 spiro atoms. The fourth-order valence-electron chi connectivity index (χ4n) is 2.28. The molecular weight excluding hydrogens is 314 g/mol. The highest BCUT2D eigenvalue weighted by Gasteiger charge is 2.09. The molecule has 0 aliphatic rings. The highest BCUT2D eigenvalue weighted by molar-refractivity contribution is 6.07. The molecule has 0 aliphatic heterocycles. The van der Waals surface area contributed by atoms with Gasteiger partial charge in [-0.25, -0.2) is 0 Å². The third kappa shape index (κ3) is 3.74. The first-order valence-corrected chi connectivity index (χ1v) is 7.55. The smallest absolute Gasteiger partial charge is 0.267 e. The highest BCUT2D eigenvalue weighted by Crippen LogP contribution is 2.21. The van der Waals surface area contributed by atoms with Gasteiger partial charge in [-0.15, -0.1) is 0 Å². The van der Waals surface area contributed by atoms with Gasteiger partial charge in [0, 0.05) is 29.2 Å². The largest absolute Gasteiger partial charge is 0.399 e. The zero-order valence-corrected chi connectivity index (χ0v) is 13.2. The maximum Gasteiger partial charge on any atom is 0.267 e. The molecule has 0 aliphatic carbocycles. The van der Waals surface area contributed by atoms with E-state index in [9.17, 15) is 10.1 Å². The number of fused-ring (bicyclic) bond motifs is 1. The molecule has 1 amide bonds. The Morgan fingerprint density at radius 3 is 2.64 bits per heavy atom. The van der Waals surface area contributed by atoms with E-state index >= 15 is 0 Å². The van der Waals surface area contributed by atoms with Crippen LogP contribution in [0.3, 0.4) is 0 Å². The number of carbonyl (C=O) groups is 1. The van der Waals surface area contributed by atoms with Crippen LogP contribution in [0.25, 0.3) is 10.9 Å². The van der Waals surface area contributed by atoms with Gasteiger partial charge in [0.2, 0.25) is 0 Å². The van der Waals surface area contributed by atoms with Crippen LogP contribution in [0.1, 0.15) is 0 Å². The summed E-state index contributed by atoms with van der Waals surface area (Å²) < 4.78 is 0. The minimum Gasteiger partial charge on any atom is -0.399 e. The second-order valence-corrected chi connectivity index (χ2v) is 5.27. The van der Waals surface area contributed by atoms with E-state index in [0.29, 0.717) is 17.1 Å². The van der Waals surface area contributed by atoms with Gasteiger partial charge >= 0.3 is 0 Å². The first-order chi connectivity index (χ1) is 12.2. The molecule has 25 heavy (non-hydrogen) atoms. The van der Waals surface area contributed by atoms with Crippen LogP contribution >= 0.6 is 0 Å². The average Bonchev–Trinajstić information content (AvgIpc) is 2.64. The van der Waals surface area contributed by atoms with Crippen molar-refractivity contribution in [3.63, 3.8) is 0 Å². The molecule has 4 N–H and O–H groups in total. The molecule has 122 valence electrons. The predicted octanol–water partition coefficient (Wildman–Crippen LogP) is 3.28. The predicted molar refractivity (Wildman–Crippen MR) is 98.5 cm³/mol. The van der Waals surface area contributed by atoms with E-state index in [1.54, 1.807) is 30.5 Å². The molecule has 1 aromatic heterocycles. The third-order valence-electron chi connectivity index (χ3n) is 3.54. The zero-order chi connectivity index (χ0) is 17.6. The van der Waals surface area contributed by atoms with Crippen LogP contribution in [0.4, 0.5) is 17.1 Å². The molecule has 3 aromatic rings. The van der Waals surface area contributed by atoms with Gasteiger partial charge in [0.1, 0.15) is 11.6 Å². The number of hydrogen-bond donors (Lipinski definition) is 3. The maximum absolute atomic E-state index is 12.2. The van der Waals surface area contributed by atoms with Crippen LogP contribution in [-0.2, 0) is 4.79 Å². The van der Waals surface area contributed by atoms with Crippen molar-refractivity contribution in [1.82, 2.24) is 4.98 Å². The quantitative estimate of drug-likeness (QED) is 0.387. The second-order valence-electron chi connectivity index (χ2n) is 5.27. The van der Waals surface area contributed by atoms with Crippen LogP contribution < -0.4 is 16.4 Å². The Balaban J connectivity index is 1.79. The van der Waals surface area contributed by atoms with Gasteiger partial charge < -0.3 is 16.4 Å². The lowest BCUT2D eigenvalue weighted by Gasteiger charge is -2.07. The molecule has 0 bridgehead atoms. The highest BCUT2D eigenvalue weighted by atomic mass is 16.1. The SMILES string of the molecule is N#C/C(=C/Nc1cccc2cccnc12)C(=O)Nc1ccc(N)cc1. The van der Waals surface area contributed by atoms with Crippen molar-refractivity contribution < 1.29 is 4.79 Å². The molecule has 2 aromatic carbocycles. The van der Waals surface area contributed by atoms with Crippen molar-refractivity contribution in [3.05, 3.63) is 72.6 Å². The van der Waals surface area contributed by atoms with Crippen LogP contribution in [-0.4, -0.2) is 10.9 Å². The van der Waals surface area contributed by atoms with Crippen LogP contribution in [0, 0.1) is 11.3 Å². The average molecular weight is 329 g/mol. The van der Waals surface area contributed by atoms with E-state index in [1.807, 2.05) is 36.4 Å². The Morgan fingerprint density at radius 2 is 1.88 bits per heavy atom. The van der Waals surface area contributed by atoms with Crippen molar-refractivity contribution in [2.45, 2.75) is 0 Å². The standard InChI is InChI=1S/C19H15N5O/c20-11-14(19(25)24-16-8-6-15(21)7-9-16)12-23-17-5-1-3-13-4-2-10-22-18(13)17/h1-10,12,23H,21H2,(H,24,25)/b14-12-. The number of rotatable bonds is 4. The van der Waals surface area contributed by atoms with Gasteiger partial charge in [0.15, 0.2) is 0 Å². The number of anilines is 3. The number of para-hydroxylation sites is 1. The van der Waals surface area contributed by atoms with Gasteiger partial charge in [-0.05, 0) is 36.4 Å². The van der Waals surface area contributed by atoms with Gasteiger partial charge in [-0.2, -0.15) is 5.26 Å². The summed E-state index contributed by atoms with van der Waals surface area (Å²) in [6, 6.07) is 18.0. The van der Waals surface area contributed by atoms with Gasteiger partial charge in [0.25, 0.3) is 5.91 Å². The topological polar surface area (TPSA) is 104 Å². The first-order valence-electron chi connectivity index (χ1n) is 7.55. The Kier molecular flexibility index (Phi) is 4.58. The lowest BCUT2D eigenvalue weighted by molar-refractivity contribution is -0.112. The summed E-state index contributed by atoms with van der Waals surface area (Å²) >= 11 is 0. The zero-order valence-electron chi connectivity index (χ0n) is 13.2. The number of aromatic nitrogens is 1. The number of nitrogens with two attached hydrogens (primary N) is 1. The Morgan fingerprint density at radius 1 is 1.12 bits per heavy atom. The van der Waals surface area contributed by atoms with Gasteiger partial charge in [-0.3, -0.25) is 9.78 Å². The first kappa shape index (κ1) is 16.0. The molecule has 0 saturated heterocycles. The van der Waals surface area contributed by atoms with Crippen molar-refractivity contribution in [2.75, 3.05) is 16.4 Å². The molecule has 0 fully saturated rings. The molecule has 0 unspecified atom stereocenters. The minimum absolute atomic E-state index is 0.0511. The molecule has 1 heterocycles. The molecule has 6 heteroatoms. The summed E-state index contributed by atoms with van der Waals surface area (Å²) in [5.74, 6) is -0.507. The van der Waals surface area contributed by atoms with E-state index in [2.05, 4.69) is 15.6 Å². The molecular formula is C19H15N5O. The number of nitrogens with zero attached hydrogens (tertiary/aromatic N) is 2. The summed E-state index contributed by atoms with van der Waals surface area (Å²) in [4.78, 5) is 16.5. The van der Waals surface area contributed by atoms with Gasteiger partial charge in [-0.1, -0.05) is 18.2 Å². The number of pyridine rings is 1. The van der Waals surface area contributed by atoms with E-state index in [-0.39, 0.29) is 5.57 Å². The van der Waals surface area contributed by atoms with Crippen molar-refractivity contribution in [3.8, 4) is 6.07 Å². The number of benzene rings is 2. The molecule has 0 saturated carbocycles. The maximum atomic E-state index is 12.2. The molecule has 0 radical (unpaired) electrons. The summed E-state index contributed by atoms with van der Waals surface area (Å²) in [7, 11) is 0. The normalized spacial score (nSPS) is 10.9. The molecule has 0 atom stereocenters. The number of amides is 1. The second kappa shape index (κ2) is 7.15. The van der Waals surface area contributed by atoms with Crippen LogP contribution in [0.5, 0.6) is 0 Å². The Labute approximate surface area is 144 Å².